The Kier molecular flexibility index (Phi) is 5.87. The van der Waals surface area contributed by atoms with Gasteiger partial charge in [-0.25, -0.2) is 9.69 Å². The Labute approximate surface area is 193 Å². The second kappa shape index (κ2) is 8.75. The molecule has 0 spiro atoms. The summed E-state index contributed by atoms with van der Waals surface area (Å²) in [5.41, 5.74) is 0.403. The molecule has 6 nitrogen and oxygen atoms in total. The monoisotopic (exact) mass is 464 g/mol. The van der Waals surface area contributed by atoms with Gasteiger partial charge in [-0.3, -0.25) is 14.9 Å². The molecule has 0 bridgehead atoms. The van der Waals surface area contributed by atoms with Gasteiger partial charge in [0.05, 0.1) is 15.7 Å². The number of anilines is 1. The van der Waals surface area contributed by atoms with Gasteiger partial charge in [-0.1, -0.05) is 59.5 Å². The van der Waals surface area contributed by atoms with Crippen molar-refractivity contribution in [1.82, 2.24) is 5.32 Å². The van der Waals surface area contributed by atoms with Crippen LogP contribution in [-0.4, -0.2) is 24.5 Å². The van der Waals surface area contributed by atoms with E-state index in [2.05, 4.69) is 11.2 Å². The lowest BCUT2D eigenvalue weighted by Crippen LogP contribution is -2.54. The van der Waals surface area contributed by atoms with Crippen LogP contribution in [0.5, 0.6) is 5.75 Å². The number of nitrogens with zero attached hydrogens (tertiary/aromatic N) is 1. The second-order valence-electron chi connectivity index (χ2n) is 6.75. The lowest BCUT2D eigenvalue weighted by Gasteiger charge is -2.26. The number of hydrogen-bond donors (Lipinski definition) is 1. The van der Waals surface area contributed by atoms with Gasteiger partial charge in [0.1, 0.15) is 17.9 Å². The van der Waals surface area contributed by atoms with Crippen LogP contribution in [-0.2, 0) is 9.59 Å². The number of carbonyl (C=O) groups excluding carboxylic acids is 3. The summed E-state index contributed by atoms with van der Waals surface area (Å²) in [6.45, 7) is 0.00252. The van der Waals surface area contributed by atoms with Crippen molar-refractivity contribution in [3.05, 3.63) is 75.8 Å². The minimum atomic E-state index is -0.891. The van der Waals surface area contributed by atoms with E-state index < -0.39 is 17.8 Å². The fraction of sp³-hybridized carbons (Fsp3) is 0.0417. The molecule has 0 atom stereocenters. The Morgan fingerprint density at radius 2 is 1.81 bits per heavy atom. The number of barbiturate groups is 1. The first-order valence-corrected chi connectivity index (χ1v) is 10.1. The number of halogens is 2. The number of benzene rings is 3. The lowest BCUT2D eigenvalue weighted by molar-refractivity contribution is -0.122. The Morgan fingerprint density at radius 1 is 1.03 bits per heavy atom. The molecular formula is C24H14Cl2N2O4. The van der Waals surface area contributed by atoms with Crippen LogP contribution in [0.25, 0.3) is 16.8 Å². The van der Waals surface area contributed by atoms with Gasteiger partial charge in [0, 0.05) is 5.56 Å². The molecule has 1 N–H and O–H groups in total. The fourth-order valence-electron chi connectivity index (χ4n) is 3.33. The van der Waals surface area contributed by atoms with Gasteiger partial charge in [0.2, 0.25) is 0 Å². The van der Waals surface area contributed by atoms with Gasteiger partial charge < -0.3 is 4.74 Å². The highest BCUT2D eigenvalue weighted by atomic mass is 35.5. The third-order valence-electron chi connectivity index (χ3n) is 4.79. The van der Waals surface area contributed by atoms with Crippen molar-refractivity contribution in [2.24, 2.45) is 0 Å². The van der Waals surface area contributed by atoms with Crippen LogP contribution in [0.15, 0.2) is 60.2 Å². The molecule has 3 aromatic rings. The van der Waals surface area contributed by atoms with Crippen LogP contribution in [0.3, 0.4) is 0 Å². The molecule has 3 aromatic carbocycles. The first-order valence-electron chi connectivity index (χ1n) is 9.35. The average Bonchev–Trinajstić information content (AvgIpc) is 2.77. The summed E-state index contributed by atoms with van der Waals surface area (Å²) >= 11 is 12.0. The Bertz CT molecular complexity index is 1360. The van der Waals surface area contributed by atoms with Crippen molar-refractivity contribution in [2.75, 3.05) is 11.5 Å². The molecule has 1 heterocycles. The Hall–Kier alpha value is -3.79. The van der Waals surface area contributed by atoms with E-state index in [1.165, 1.54) is 24.3 Å². The van der Waals surface area contributed by atoms with E-state index in [4.69, 9.17) is 34.4 Å². The maximum Gasteiger partial charge on any atom is 0.335 e. The number of urea groups is 1. The molecule has 0 radical (unpaired) electrons. The summed E-state index contributed by atoms with van der Waals surface area (Å²) < 4.78 is 5.63. The summed E-state index contributed by atoms with van der Waals surface area (Å²) in [5, 5.41) is 4.22. The summed E-state index contributed by atoms with van der Waals surface area (Å²) in [5.74, 6) is 1.15. The van der Waals surface area contributed by atoms with Crippen molar-refractivity contribution in [2.45, 2.75) is 0 Å². The van der Waals surface area contributed by atoms with Gasteiger partial charge >= 0.3 is 6.03 Å². The van der Waals surface area contributed by atoms with Crippen LogP contribution in [0.2, 0.25) is 10.0 Å². The fourth-order valence-corrected chi connectivity index (χ4v) is 3.62. The predicted octanol–water partition coefficient (Wildman–Crippen LogP) is 4.83. The van der Waals surface area contributed by atoms with Crippen molar-refractivity contribution >= 4 is 63.6 Å². The largest absolute Gasteiger partial charge is 0.480 e. The molecule has 1 aliphatic rings. The van der Waals surface area contributed by atoms with Crippen molar-refractivity contribution in [1.29, 1.82) is 0 Å². The maximum absolute atomic E-state index is 13.2. The first-order chi connectivity index (χ1) is 15.4. The number of hydrogen-bond acceptors (Lipinski definition) is 4. The van der Waals surface area contributed by atoms with E-state index in [-0.39, 0.29) is 27.9 Å². The van der Waals surface area contributed by atoms with Crippen molar-refractivity contribution in [3.63, 3.8) is 0 Å². The summed E-state index contributed by atoms with van der Waals surface area (Å²) in [6.07, 6.45) is 6.71. The highest BCUT2D eigenvalue weighted by Crippen LogP contribution is 2.33. The quantitative estimate of drug-likeness (QED) is 0.341. The SMILES string of the molecule is C#CCOc1ccc2ccccc2c1/C=C1\C(=O)NC(=O)N(c2ccc(Cl)c(Cl)c2)C1=O. The maximum atomic E-state index is 13.2. The molecule has 158 valence electrons. The zero-order valence-electron chi connectivity index (χ0n) is 16.4. The third-order valence-corrected chi connectivity index (χ3v) is 5.53. The molecule has 0 aliphatic carbocycles. The number of amides is 4. The molecule has 1 saturated heterocycles. The number of rotatable bonds is 4. The molecule has 8 heteroatoms. The first kappa shape index (κ1) is 21.4. The molecule has 1 fully saturated rings. The standard InChI is InChI=1S/C24H14Cl2N2O4/c1-2-11-32-21-10-7-14-5-3-4-6-16(14)17(21)13-18-22(29)27-24(31)28(23(18)30)15-8-9-19(25)20(26)12-15/h1,3-10,12-13H,11H2,(H,27,29,31)/b18-13+. The number of terminal acetylenes is 1. The third kappa shape index (κ3) is 3.92. The number of nitrogens with one attached hydrogen (secondary N) is 1. The van der Waals surface area contributed by atoms with E-state index in [9.17, 15) is 14.4 Å². The number of fused-ring (bicyclic) bond motifs is 1. The van der Waals surface area contributed by atoms with Crippen molar-refractivity contribution < 1.29 is 19.1 Å². The highest BCUT2D eigenvalue weighted by Gasteiger charge is 2.37. The molecule has 4 amide bonds. The normalized spacial score (nSPS) is 15.1. The van der Waals surface area contributed by atoms with E-state index >= 15 is 0 Å². The summed E-state index contributed by atoms with van der Waals surface area (Å²) in [7, 11) is 0. The van der Waals surface area contributed by atoms with Crippen LogP contribution >= 0.6 is 23.2 Å². The minimum absolute atomic E-state index is 0.00252. The minimum Gasteiger partial charge on any atom is -0.480 e. The molecule has 1 aliphatic heterocycles. The molecule has 0 unspecified atom stereocenters. The Balaban J connectivity index is 1.86. The van der Waals surface area contributed by atoms with Gasteiger partial charge in [0.15, 0.2) is 0 Å². The van der Waals surface area contributed by atoms with E-state index in [1.807, 2.05) is 30.3 Å². The topological polar surface area (TPSA) is 75.7 Å². The smallest absolute Gasteiger partial charge is 0.335 e. The number of imide groups is 2. The second-order valence-corrected chi connectivity index (χ2v) is 7.56. The van der Waals surface area contributed by atoms with E-state index in [0.717, 1.165) is 15.7 Å². The van der Waals surface area contributed by atoms with Crippen LogP contribution < -0.4 is 15.0 Å². The molecule has 4 rings (SSSR count). The van der Waals surface area contributed by atoms with Gasteiger partial charge in [-0.2, -0.15) is 0 Å². The van der Waals surface area contributed by atoms with Crippen molar-refractivity contribution in [3.8, 4) is 18.1 Å². The van der Waals surface area contributed by atoms with E-state index in [0.29, 0.717) is 11.3 Å². The van der Waals surface area contributed by atoms with E-state index in [1.54, 1.807) is 6.07 Å². The van der Waals surface area contributed by atoms with Gasteiger partial charge in [0.25, 0.3) is 11.8 Å². The molecule has 0 aromatic heterocycles. The predicted molar refractivity (Wildman–Crippen MR) is 124 cm³/mol. The lowest BCUT2D eigenvalue weighted by atomic mass is 9.99. The summed E-state index contributed by atoms with van der Waals surface area (Å²) in [6, 6.07) is 14.3. The number of ether oxygens (including phenoxy) is 1. The summed E-state index contributed by atoms with van der Waals surface area (Å²) in [4.78, 5) is 39.1. The van der Waals surface area contributed by atoms with Crippen LogP contribution in [0, 0.1) is 12.3 Å². The molecule has 0 saturated carbocycles. The highest BCUT2D eigenvalue weighted by molar-refractivity contribution is 6.43. The zero-order chi connectivity index (χ0) is 22.8. The van der Waals surface area contributed by atoms with Gasteiger partial charge in [-0.15, -0.1) is 6.42 Å². The molecular weight excluding hydrogens is 451 g/mol. The van der Waals surface area contributed by atoms with Crippen LogP contribution in [0.4, 0.5) is 10.5 Å². The van der Waals surface area contributed by atoms with Gasteiger partial charge in [-0.05, 0) is 41.1 Å². The zero-order valence-corrected chi connectivity index (χ0v) is 17.9. The number of carbonyl (C=O) groups is 3. The average molecular weight is 465 g/mol. The molecule has 32 heavy (non-hydrogen) atoms. The Morgan fingerprint density at radius 3 is 2.56 bits per heavy atom. The van der Waals surface area contributed by atoms with Crippen LogP contribution in [0.1, 0.15) is 5.56 Å².